The van der Waals surface area contributed by atoms with Crippen LogP contribution in [0.5, 0.6) is 0 Å². The van der Waals surface area contributed by atoms with Gasteiger partial charge in [-0.05, 0) is 35.2 Å². The van der Waals surface area contributed by atoms with Crippen molar-refractivity contribution in [2.75, 3.05) is 13.2 Å². The zero-order chi connectivity index (χ0) is 12.5. The summed E-state index contributed by atoms with van der Waals surface area (Å²) in [6.07, 6.45) is 4.35. The second-order valence-corrected chi connectivity index (χ2v) is 5.52. The molecule has 2 aliphatic heterocycles. The fourth-order valence-electron chi connectivity index (χ4n) is 2.53. The van der Waals surface area contributed by atoms with Gasteiger partial charge in [-0.3, -0.25) is 4.79 Å². The van der Waals surface area contributed by atoms with Gasteiger partial charge in [0.1, 0.15) is 10.4 Å². The number of hydrogen-bond donors (Lipinski definition) is 1. The van der Waals surface area contributed by atoms with Crippen LogP contribution in [0.25, 0.3) is 0 Å². The maximum absolute atomic E-state index is 12.1. The van der Waals surface area contributed by atoms with Crippen molar-refractivity contribution in [2.24, 2.45) is 0 Å². The molecule has 0 bridgehead atoms. The van der Waals surface area contributed by atoms with Crippen molar-refractivity contribution in [1.82, 2.24) is 14.9 Å². The SMILES string of the molecule is O=C(NC[C@H]1CCCO1)c1nc2n(c1Br)CCC2. The third kappa shape index (κ3) is 2.19. The molecule has 1 atom stereocenters. The standard InChI is InChI=1S/C12H16BrN3O2/c13-11-10(15-9-4-1-5-16(9)11)12(17)14-7-8-3-2-6-18-8/h8H,1-7H2,(H,14,17)/t8-/m1/s1. The van der Waals surface area contributed by atoms with Crippen LogP contribution in [0.4, 0.5) is 0 Å². The van der Waals surface area contributed by atoms with Crippen molar-refractivity contribution < 1.29 is 9.53 Å². The van der Waals surface area contributed by atoms with Gasteiger partial charge in [-0.25, -0.2) is 4.98 Å². The Morgan fingerprint density at radius 2 is 2.44 bits per heavy atom. The van der Waals surface area contributed by atoms with Crippen LogP contribution in [0.15, 0.2) is 4.60 Å². The van der Waals surface area contributed by atoms with E-state index < -0.39 is 0 Å². The van der Waals surface area contributed by atoms with Gasteiger partial charge < -0.3 is 14.6 Å². The summed E-state index contributed by atoms with van der Waals surface area (Å²) in [6, 6.07) is 0. The van der Waals surface area contributed by atoms with Crippen LogP contribution in [0.1, 0.15) is 35.6 Å². The van der Waals surface area contributed by atoms with Crippen LogP contribution in [-0.2, 0) is 17.7 Å². The van der Waals surface area contributed by atoms with Crippen molar-refractivity contribution in [3.8, 4) is 0 Å². The van der Waals surface area contributed by atoms with Crippen molar-refractivity contribution in [3.63, 3.8) is 0 Å². The molecule has 1 aromatic rings. The topological polar surface area (TPSA) is 56.1 Å². The number of hydrogen-bond acceptors (Lipinski definition) is 3. The number of nitrogens with zero attached hydrogens (tertiary/aromatic N) is 2. The minimum absolute atomic E-state index is 0.112. The number of imidazole rings is 1. The number of nitrogens with one attached hydrogen (secondary N) is 1. The largest absolute Gasteiger partial charge is 0.376 e. The predicted octanol–water partition coefficient (Wildman–Crippen LogP) is 1.50. The van der Waals surface area contributed by atoms with Gasteiger partial charge in [0, 0.05) is 26.1 Å². The van der Waals surface area contributed by atoms with E-state index in [9.17, 15) is 4.79 Å². The number of fused-ring (bicyclic) bond motifs is 1. The first-order chi connectivity index (χ1) is 8.75. The number of ether oxygens (including phenoxy) is 1. The molecule has 0 spiro atoms. The Hall–Kier alpha value is -0.880. The lowest BCUT2D eigenvalue weighted by Gasteiger charge is -2.10. The second-order valence-electron chi connectivity index (χ2n) is 4.77. The summed E-state index contributed by atoms with van der Waals surface area (Å²) < 4.78 is 8.35. The number of rotatable bonds is 3. The summed E-state index contributed by atoms with van der Waals surface area (Å²) in [4.78, 5) is 16.5. The van der Waals surface area contributed by atoms with Crippen molar-refractivity contribution in [1.29, 1.82) is 0 Å². The van der Waals surface area contributed by atoms with Gasteiger partial charge >= 0.3 is 0 Å². The number of carbonyl (C=O) groups is 1. The highest BCUT2D eigenvalue weighted by Crippen LogP contribution is 2.24. The monoisotopic (exact) mass is 313 g/mol. The summed E-state index contributed by atoms with van der Waals surface area (Å²) in [5, 5.41) is 2.90. The van der Waals surface area contributed by atoms with Gasteiger partial charge in [-0.1, -0.05) is 0 Å². The maximum atomic E-state index is 12.1. The van der Waals surface area contributed by atoms with Gasteiger partial charge in [0.25, 0.3) is 5.91 Å². The molecule has 0 aliphatic carbocycles. The van der Waals surface area contributed by atoms with Crippen molar-refractivity contribution >= 4 is 21.8 Å². The summed E-state index contributed by atoms with van der Waals surface area (Å²) in [7, 11) is 0. The average molecular weight is 314 g/mol. The second kappa shape index (κ2) is 5.01. The van der Waals surface area contributed by atoms with E-state index in [4.69, 9.17) is 4.74 Å². The molecular weight excluding hydrogens is 298 g/mol. The van der Waals surface area contributed by atoms with Crippen LogP contribution < -0.4 is 5.32 Å². The molecule has 0 unspecified atom stereocenters. The van der Waals surface area contributed by atoms with E-state index in [0.717, 1.165) is 49.3 Å². The Morgan fingerprint density at radius 3 is 3.17 bits per heavy atom. The average Bonchev–Trinajstić information content (AvgIpc) is 3.05. The fraction of sp³-hybridized carbons (Fsp3) is 0.667. The van der Waals surface area contributed by atoms with Gasteiger partial charge in [0.05, 0.1) is 6.10 Å². The van der Waals surface area contributed by atoms with E-state index in [1.165, 1.54) is 0 Å². The molecule has 0 saturated carbocycles. The fourth-order valence-corrected chi connectivity index (χ4v) is 3.18. The Labute approximate surface area is 114 Å². The number of aryl methyl sites for hydroxylation is 1. The van der Waals surface area contributed by atoms with E-state index >= 15 is 0 Å². The lowest BCUT2D eigenvalue weighted by molar-refractivity contribution is 0.0853. The third-order valence-electron chi connectivity index (χ3n) is 3.50. The first kappa shape index (κ1) is 12.2. The molecule has 3 rings (SSSR count). The summed E-state index contributed by atoms with van der Waals surface area (Å²) in [6.45, 7) is 2.33. The Morgan fingerprint density at radius 1 is 1.56 bits per heavy atom. The molecule has 1 fully saturated rings. The van der Waals surface area contributed by atoms with Crippen LogP contribution in [0.3, 0.4) is 0 Å². The molecule has 1 saturated heterocycles. The van der Waals surface area contributed by atoms with Crippen LogP contribution in [-0.4, -0.2) is 34.7 Å². The van der Waals surface area contributed by atoms with Crippen LogP contribution >= 0.6 is 15.9 Å². The Balaban J connectivity index is 1.65. The third-order valence-corrected chi connectivity index (χ3v) is 4.30. The van der Waals surface area contributed by atoms with E-state index in [0.29, 0.717) is 12.2 Å². The lowest BCUT2D eigenvalue weighted by atomic mass is 10.2. The van der Waals surface area contributed by atoms with Gasteiger partial charge in [-0.15, -0.1) is 0 Å². The van der Waals surface area contributed by atoms with E-state index in [1.807, 2.05) is 0 Å². The first-order valence-corrected chi connectivity index (χ1v) is 7.19. The first-order valence-electron chi connectivity index (χ1n) is 6.40. The summed E-state index contributed by atoms with van der Waals surface area (Å²) in [5.41, 5.74) is 0.502. The van der Waals surface area contributed by atoms with Gasteiger partial charge in [0.15, 0.2) is 5.69 Å². The van der Waals surface area contributed by atoms with Crippen molar-refractivity contribution in [2.45, 2.75) is 38.3 Å². The van der Waals surface area contributed by atoms with E-state index in [1.54, 1.807) is 0 Å². The molecule has 6 heteroatoms. The minimum Gasteiger partial charge on any atom is -0.376 e. The molecular formula is C12H16BrN3O2. The van der Waals surface area contributed by atoms with Gasteiger partial charge in [-0.2, -0.15) is 0 Å². The molecule has 1 aromatic heterocycles. The smallest absolute Gasteiger partial charge is 0.272 e. The van der Waals surface area contributed by atoms with Crippen LogP contribution in [0.2, 0.25) is 0 Å². The predicted molar refractivity (Wildman–Crippen MR) is 69.6 cm³/mol. The normalized spacial score (nSPS) is 22.2. The van der Waals surface area contributed by atoms with Crippen LogP contribution in [0, 0.1) is 0 Å². The molecule has 5 nitrogen and oxygen atoms in total. The van der Waals surface area contributed by atoms with Gasteiger partial charge in [0.2, 0.25) is 0 Å². The quantitative estimate of drug-likeness (QED) is 0.920. The number of carbonyl (C=O) groups excluding carboxylic acids is 1. The highest BCUT2D eigenvalue weighted by atomic mass is 79.9. The summed E-state index contributed by atoms with van der Waals surface area (Å²) >= 11 is 3.46. The molecule has 0 radical (unpaired) electrons. The Bertz CT molecular complexity index is 466. The molecule has 1 amide bonds. The minimum atomic E-state index is -0.112. The summed E-state index contributed by atoms with van der Waals surface area (Å²) in [5.74, 6) is 0.892. The molecule has 1 N–H and O–H groups in total. The molecule has 0 aromatic carbocycles. The molecule has 18 heavy (non-hydrogen) atoms. The number of aromatic nitrogens is 2. The molecule has 98 valence electrons. The zero-order valence-electron chi connectivity index (χ0n) is 10.1. The zero-order valence-corrected chi connectivity index (χ0v) is 11.7. The van der Waals surface area contributed by atoms with E-state index in [2.05, 4.69) is 30.8 Å². The van der Waals surface area contributed by atoms with E-state index in [-0.39, 0.29) is 12.0 Å². The maximum Gasteiger partial charge on any atom is 0.272 e. The Kier molecular flexibility index (Phi) is 3.39. The molecule has 3 heterocycles. The molecule has 2 aliphatic rings. The number of amides is 1. The highest BCUT2D eigenvalue weighted by Gasteiger charge is 2.24. The number of halogens is 1. The van der Waals surface area contributed by atoms with Crippen molar-refractivity contribution in [3.05, 3.63) is 16.1 Å². The highest BCUT2D eigenvalue weighted by molar-refractivity contribution is 9.10. The lowest BCUT2D eigenvalue weighted by Crippen LogP contribution is -2.32.